The number of aromatic nitrogens is 3. The molecule has 4 rings (SSSR count). The lowest BCUT2D eigenvalue weighted by atomic mass is 10.1. The Hall–Kier alpha value is -2.98. The minimum absolute atomic E-state index is 0.109. The van der Waals surface area contributed by atoms with Gasteiger partial charge in [-0.05, 0) is 41.5 Å². The fourth-order valence-electron chi connectivity index (χ4n) is 2.83. The first-order chi connectivity index (χ1) is 12.3. The van der Waals surface area contributed by atoms with Crippen LogP contribution in [0.2, 0.25) is 0 Å². The third-order valence-corrected chi connectivity index (χ3v) is 4.29. The Balaban J connectivity index is 1.50. The van der Waals surface area contributed by atoms with E-state index in [2.05, 4.69) is 57.4 Å². The predicted molar refractivity (Wildman–Crippen MR) is 99.0 cm³/mol. The molecule has 4 aromatic rings. The molecule has 2 heterocycles. The summed E-state index contributed by atoms with van der Waals surface area (Å²) < 4.78 is 5.91. The van der Waals surface area contributed by atoms with Crippen LogP contribution in [0, 0.1) is 0 Å². The molecule has 124 valence electrons. The highest BCUT2D eigenvalue weighted by atomic mass is 16.5. The number of benzene rings is 2. The minimum atomic E-state index is -0.109. The van der Waals surface area contributed by atoms with Crippen LogP contribution in [0.3, 0.4) is 0 Å². The fraction of sp³-hybridized carbons (Fsp3) is 0.143. The number of imidazole rings is 1. The summed E-state index contributed by atoms with van der Waals surface area (Å²) in [6.07, 6.45) is 5.30. The van der Waals surface area contributed by atoms with E-state index in [-0.39, 0.29) is 6.10 Å². The van der Waals surface area contributed by atoms with Gasteiger partial charge in [-0.25, -0.2) is 4.98 Å². The second-order valence-electron chi connectivity index (χ2n) is 6.05. The Morgan fingerprint density at radius 1 is 1.00 bits per heavy atom. The molecular formula is C21H19N3O. The van der Waals surface area contributed by atoms with Gasteiger partial charge in [-0.1, -0.05) is 36.4 Å². The van der Waals surface area contributed by atoms with E-state index in [1.54, 1.807) is 12.4 Å². The maximum Gasteiger partial charge on any atom is 0.135 e. The van der Waals surface area contributed by atoms with Gasteiger partial charge in [0.15, 0.2) is 0 Å². The highest BCUT2D eigenvalue weighted by Crippen LogP contribution is 2.25. The minimum Gasteiger partial charge on any atom is -0.366 e. The molecule has 0 amide bonds. The monoisotopic (exact) mass is 329 g/mol. The highest BCUT2D eigenvalue weighted by molar-refractivity contribution is 5.86. The van der Waals surface area contributed by atoms with Gasteiger partial charge in [-0.2, -0.15) is 0 Å². The summed E-state index contributed by atoms with van der Waals surface area (Å²) in [5.74, 6) is 0.831. The molecule has 0 aliphatic rings. The van der Waals surface area contributed by atoms with E-state index in [1.165, 1.54) is 10.8 Å². The summed E-state index contributed by atoms with van der Waals surface area (Å²) in [6.45, 7) is 2.54. The first-order valence-corrected chi connectivity index (χ1v) is 8.34. The molecule has 2 aromatic carbocycles. The number of hydrogen-bond donors (Lipinski definition) is 1. The molecule has 1 unspecified atom stereocenters. The van der Waals surface area contributed by atoms with Crippen LogP contribution in [0.1, 0.15) is 24.4 Å². The summed E-state index contributed by atoms with van der Waals surface area (Å²) in [4.78, 5) is 11.9. The zero-order valence-electron chi connectivity index (χ0n) is 14.0. The maximum atomic E-state index is 5.91. The van der Waals surface area contributed by atoms with Crippen molar-refractivity contribution in [3.8, 4) is 11.3 Å². The molecule has 0 fully saturated rings. The molecule has 0 spiro atoms. The van der Waals surface area contributed by atoms with Crippen molar-refractivity contribution < 1.29 is 4.74 Å². The average Bonchev–Trinajstić information content (AvgIpc) is 3.17. The van der Waals surface area contributed by atoms with Gasteiger partial charge in [0.05, 0.1) is 18.5 Å². The Labute approximate surface area is 146 Å². The van der Waals surface area contributed by atoms with E-state index < -0.39 is 0 Å². The normalized spacial score (nSPS) is 12.4. The SMILES string of the molecule is CC(OCc1ccncc1)c1ncc(-c2ccc3ccccc3c2)[nH]1. The number of ether oxygens (including phenoxy) is 1. The number of rotatable bonds is 5. The van der Waals surface area contributed by atoms with E-state index in [9.17, 15) is 0 Å². The number of aromatic amines is 1. The number of pyridine rings is 1. The van der Waals surface area contributed by atoms with Crippen molar-refractivity contribution in [3.05, 3.63) is 84.6 Å². The van der Waals surface area contributed by atoms with Gasteiger partial charge in [0.2, 0.25) is 0 Å². The third-order valence-electron chi connectivity index (χ3n) is 4.29. The number of hydrogen-bond acceptors (Lipinski definition) is 3. The molecule has 0 radical (unpaired) electrons. The van der Waals surface area contributed by atoms with Crippen LogP contribution in [0.15, 0.2) is 73.2 Å². The van der Waals surface area contributed by atoms with Gasteiger partial charge >= 0.3 is 0 Å². The molecule has 1 N–H and O–H groups in total. The van der Waals surface area contributed by atoms with Crippen LogP contribution >= 0.6 is 0 Å². The number of fused-ring (bicyclic) bond motifs is 1. The van der Waals surface area contributed by atoms with Gasteiger partial charge in [-0.3, -0.25) is 4.98 Å². The zero-order valence-corrected chi connectivity index (χ0v) is 14.0. The zero-order chi connectivity index (χ0) is 17.1. The van der Waals surface area contributed by atoms with Crippen LogP contribution in [-0.2, 0) is 11.3 Å². The molecule has 1 atom stereocenters. The standard InChI is InChI=1S/C21H19N3O/c1-15(25-14-16-8-10-22-11-9-16)21-23-13-20(24-21)19-7-6-17-4-2-3-5-18(17)12-19/h2-13,15H,14H2,1H3,(H,23,24). The van der Waals surface area contributed by atoms with Crippen molar-refractivity contribution in [1.82, 2.24) is 15.0 Å². The summed E-state index contributed by atoms with van der Waals surface area (Å²) in [5, 5.41) is 2.46. The van der Waals surface area contributed by atoms with Gasteiger partial charge in [0, 0.05) is 18.0 Å². The molecule has 0 aliphatic heterocycles. The summed E-state index contributed by atoms with van der Waals surface area (Å²) in [5.41, 5.74) is 3.22. The molecule has 0 saturated carbocycles. The number of nitrogens with one attached hydrogen (secondary N) is 1. The molecule has 0 saturated heterocycles. The number of H-pyrrole nitrogens is 1. The van der Waals surface area contributed by atoms with Crippen molar-refractivity contribution >= 4 is 10.8 Å². The van der Waals surface area contributed by atoms with E-state index in [0.717, 1.165) is 22.6 Å². The Bertz CT molecular complexity index is 979. The van der Waals surface area contributed by atoms with Crippen LogP contribution in [0.25, 0.3) is 22.0 Å². The first kappa shape index (κ1) is 15.5. The third kappa shape index (κ3) is 3.44. The summed E-state index contributed by atoms with van der Waals surface area (Å²) in [7, 11) is 0. The lowest BCUT2D eigenvalue weighted by Crippen LogP contribution is -2.02. The number of nitrogens with zero attached hydrogens (tertiary/aromatic N) is 2. The average molecular weight is 329 g/mol. The highest BCUT2D eigenvalue weighted by Gasteiger charge is 2.11. The van der Waals surface area contributed by atoms with Crippen molar-refractivity contribution in [2.45, 2.75) is 19.6 Å². The Kier molecular flexibility index (Phi) is 4.27. The van der Waals surface area contributed by atoms with Crippen molar-refractivity contribution in [1.29, 1.82) is 0 Å². The maximum absolute atomic E-state index is 5.91. The topological polar surface area (TPSA) is 50.8 Å². The molecule has 4 heteroatoms. The molecule has 25 heavy (non-hydrogen) atoms. The Morgan fingerprint density at radius 2 is 1.80 bits per heavy atom. The van der Waals surface area contributed by atoms with Crippen molar-refractivity contribution in [2.75, 3.05) is 0 Å². The fourth-order valence-corrected chi connectivity index (χ4v) is 2.83. The summed E-state index contributed by atoms with van der Waals surface area (Å²) >= 11 is 0. The van der Waals surface area contributed by atoms with Crippen molar-refractivity contribution in [3.63, 3.8) is 0 Å². The summed E-state index contributed by atoms with van der Waals surface area (Å²) in [6, 6.07) is 18.7. The Morgan fingerprint density at radius 3 is 2.64 bits per heavy atom. The van der Waals surface area contributed by atoms with E-state index in [0.29, 0.717) is 6.61 Å². The largest absolute Gasteiger partial charge is 0.366 e. The molecular weight excluding hydrogens is 310 g/mol. The van der Waals surface area contributed by atoms with Gasteiger partial charge in [-0.15, -0.1) is 0 Å². The lowest BCUT2D eigenvalue weighted by molar-refractivity contribution is 0.0473. The molecule has 0 aliphatic carbocycles. The van der Waals surface area contributed by atoms with E-state index in [4.69, 9.17) is 4.74 Å². The quantitative estimate of drug-likeness (QED) is 0.566. The smallest absolute Gasteiger partial charge is 0.135 e. The van der Waals surface area contributed by atoms with Crippen LogP contribution in [0.5, 0.6) is 0 Å². The van der Waals surface area contributed by atoms with E-state index >= 15 is 0 Å². The van der Waals surface area contributed by atoms with Crippen LogP contribution in [-0.4, -0.2) is 15.0 Å². The van der Waals surface area contributed by atoms with Gasteiger partial charge in [0.1, 0.15) is 11.9 Å². The predicted octanol–water partition coefficient (Wildman–Crippen LogP) is 4.90. The van der Waals surface area contributed by atoms with Crippen molar-refractivity contribution in [2.24, 2.45) is 0 Å². The molecule has 0 bridgehead atoms. The first-order valence-electron chi connectivity index (χ1n) is 8.34. The molecule has 2 aromatic heterocycles. The van der Waals surface area contributed by atoms with E-state index in [1.807, 2.05) is 25.3 Å². The second kappa shape index (κ2) is 6.87. The van der Waals surface area contributed by atoms with Crippen LogP contribution < -0.4 is 0 Å². The lowest BCUT2D eigenvalue weighted by Gasteiger charge is -2.10. The molecule has 4 nitrogen and oxygen atoms in total. The van der Waals surface area contributed by atoms with Crippen LogP contribution in [0.4, 0.5) is 0 Å². The second-order valence-corrected chi connectivity index (χ2v) is 6.05. The van der Waals surface area contributed by atoms with Gasteiger partial charge < -0.3 is 9.72 Å². The van der Waals surface area contributed by atoms with Gasteiger partial charge in [0.25, 0.3) is 0 Å².